The number of pyridine rings is 1. The number of nitrogens with zero attached hydrogens (tertiary/aromatic N) is 2. The third-order valence-electron chi connectivity index (χ3n) is 3.47. The Balaban J connectivity index is 1.84. The van der Waals surface area contributed by atoms with Crippen LogP contribution in [-0.2, 0) is 13.1 Å². The summed E-state index contributed by atoms with van der Waals surface area (Å²) in [5, 5.41) is 0.260. The van der Waals surface area contributed by atoms with Crippen LogP contribution >= 0.6 is 27.5 Å². The molecule has 3 rings (SSSR count). The fourth-order valence-corrected chi connectivity index (χ4v) is 3.04. The zero-order valence-corrected chi connectivity index (χ0v) is 13.6. The Morgan fingerprint density at radius 1 is 1.38 bits per heavy atom. The molecule has 0 spiro atoms. The number of benzene rings is 1. The predicted octanol–water partition coefficient (Wildman–Crippen LogP) is 3.66. The Morgan fingerprint density at radius 3 is 2.71 bits per heavy atom. The second-order valence-corrected chi connectivity index (χ2v) is 5.97. The SMILES string of the molecule is COc1ccc(CN2Cc3c(Br)cnc(Cl)c3C2=O)cc1. The van der Waals surface area contributed by atoms with Gasteiger partial charge < -0.3 is 9.64 Å². The Labute approximate surface area is 135 Å². The molecule has 2 aromatic rings. The molecule has 4 nitrogen and oxygen atoms in total. The van der Waals surface area contributed by atoms with Gasteiger partial charge in [-0.05, 0) is 33.6 Å². The van der Waals surface area contributed by atoms with E-state index in [1.165, 1.54) is 0 Å². The van der Waals surface area contributed by atoms with Crippen LogP contribution in [0.4, 0.5) is 0 Å². The normalized spacial score (nSPS) is 13.5. The maximum absolute atomic E-state index is 12.5. The summed E-state index contributed by atoms with van der Waals surface area (Å²) in [5.74, 6) is 0.712. The highest BCUT2D eigenvalue weighted by Crippen LogP contribution is 2.33. The standard InChI is InChI=1S/C15H12BrClN2O2/c1-21-10-4-2-9(3-5-10)7-19-8-11-12(16)6-18-14(17)13(11)15(19)20/h2-6H,7-8H2,1H3. The highest BCUT2D eigenvalue weighted by Gasteiger charge is 2.32. The summed E-state index contributed by atoms with van der Waals surface area (Å²) >= 11 is 9.47. The quantitative estimate of drug-likeness (QED) is 0.778. The third kappa shape index (κ3) is 2.63. The molecule has 0 aliphatic carbocycles. The molecule has 0 unspecified atom stereocenters. The number of carbonyl (C=O) groups excluding carboxylic acids is 1. The highest BCUT2D eigenvalue weighted by atomic mass is 79.9. The first-order valence-corrected chi connectivity index (χ1v) is 7.52. The van der Waals surface area contributed by atoms with Gasteiger partial charge in [-0.1, -0.05) is 23.7 Å². The molecule has 0 atom stereocenters. The monoisotopic (exact) mass is 366 g/mol. The summed E-state index contributed by atoms with van der Waals surface area (Å²) in [4.78, 5) is 18.2. The summed E-state index contributed by atoms with van der Waals surface area (Å²) in [6, 6.07) is 7.66. The minimum Gasteiger partial charge on any atom is -0.497 e. The van der Waals surface area contributed by atoms with Crippen LogP contribution in [-0.4, -0.2) is 22.9 Å². The number of halogens is 2. The van der Waals surface area contributed by atoms with Crippen LogP contribution in [0.2, 0.25) is 5.15 Å². The minimum absolute atomic E-state index is 0.0837. The van der Waals surface area contributed by atoms with Gasteiger partial charge in [0, 0.05) is 29.3 Å². The largest absolute Gasteiger partial charge is 0.497 e. The molecule has 1 aromatic heterocycles. The molecule has 1 amide bonds. The van der Waals surface area contributed by atoms with Gasteiger partial charge in [-0.2, -0.15) is 0 Å². The van der Waals surface area contributed by atoms with E-state index in [2.05, 4.69) is 20.9 Å². The molecule has 108 valence electrons. The van der Waals surface area contributed by atoms with Crippen molar-refractivity contribution in [2.24, 2.45) is 0 Å². The van der Waals surface area contributed by atoms with E-state index >= 15 is 0 Å². The molecule has 0 radical (unpaired) electrons. The Bertz CT molecular complexity index is 704. The lowest BCUT2D eigenvalue weighted by Crippen LogP contribution is -2.23. The van der Waals surface area contributed by atoms with Crippen LogP contribution in [0, 0.1) is 0 Å². The molecule has 0 bridgehead atoms. The van der Waals surface area contributed by atoms with Gasteiger partial charge in [0.1, 0.15) is 10.9 Å². The second-order valence-electron chi connectivity index (χ2n) is 4.76. The van der Waals surface area contributed by atoms with Gasteiger partial charge in [0.15, 0.2) is 0 Å². The average molecular weight is 368 g/mol. The van der Waals surface area contributed by atoms with Crippen molar-refractivity contribution in [3.8, 4) is 5.75 Å². The van der Waals surface area contributed by atoms with Gasteiger partial charge in [0.2, 0.25) is 0 Å². The predicted molar refractivity (Wildman–Crippen MR) is 83.5 cm³/mol. The van der Waals surface area contributed by atoms with E-state index < -0.39 is 0 Å². The summed E-state index contributed by atoms with van der Waals surface area (Å²) in [6.45, 7) is 1.06. The molecular formula is C15H12BrClN2O2. The Morgan fingerprint density at radius 2 is 2.10 bits per heavy atom. The van der Waals surface area contributed by atoms with Crippen molar-refractivity contribution in [3.63, 3.8) is 0 Å². The lowest BCUT2D eigenvalue weighted by molar-refractivity contribution is 0.0766. The fraction of sp³-hybridized carbons (Fsp3) is 0.200. The molecule has 0 N–H and O–H groups in total. The summed E-state index contributed by atoms with van der Waals surface area (Å²) in [7, 11) is 1.63. The van der Waals surface area contributed by atoms with E-state index in [-0.39, 0.29) is 11.1 Å². The topological polar surface area (TPSA) is 42.4 Å². The summed E-state index contributed by atoms with van der Waals surface area (Å²) in [6.07, 6.45) is 1.63. The van der Waals surface area contributed by atoms with E-state index in [4.69, 9.17) is 16.3 Å². The van der Waals surface area contributed by atoms with E-state index in [1.807, 2.05) is 24.3 Å². The van der Waals surface area contributed by atoms with Gasteiger partial charge in [-0.15, -0.1) is 0 Å². The van der Waals surface area contributed by atoms with Crippen LogP contribution in [0.5, 0.6) is 5.75 Å². The number of fused-ring (bicyclic) bond motifs is 1. The van der Waals surface area contributed by atoms with E-state index in [0.717, 1.165) is 21.3 Å². The van der Waals surface area contributed by atoms with Crippen molar-refractivity contribution in [2.75, 3.05) is 7.11 Å². The number of amides is 1. The third-order valence-corrected chi connectivity index (χ3v) is 4.44. The first-order valence-electron chi connectivity index (χ1n) is 6.35. The van der Waals surface area contributed by atoms with E-state index in [9.17, 15) is 4.79 Å². The number of hydrogen-bond acceptors (Lipinski definition) is 3. The van der Waals surface area contributed by atoms with Crippen molar-refractivity contribution >= 4 is 33.4 Å². The number of rotatable bonds is 3. The van der Waals surface area contributed by atoms with Crippen molar-refractivity contribution in [1.82, 2.24) is 9.88 Å². The van der Waals surface area contributed by atoms with Crippen molar-refractivity contribution in [1.29, 1.82) is 0 Å². The lowest BCUT2D eigenvalue weighted by atomic mass is 10.2. The van der Waals surface area contributed by atoms with Crippen molar-refractivity contribution in [2.45, 2.75) is 13.1 Å². The Hall–Kier alpha value is -1.59. The van der Waals surface area contributed by atoms with Gasteiger partial charge in [0.05, 0.1) is 12.7 Å². The molecular weight excluding hydrogens is 356 g/mol. The highest BCUT2D eigenvalue weighted by molar-refractivity contribution is 9.10. The number of hydrogen-bond donors (Lipinski definition) is 0. The van der Waals surface area contributed by atoms with Gasteiger partial charge >= 0.3 is 0 Å². The minimum atomic E-state index is -0.0837. The molecule has 1 aliphatic heterocycles. The molecule has 0 fully saturated rings. The fourth-order valence-electron chi connectivity index (χ4n) is 2.37. The molecule has 1 aromatic carbocycles. The zero-order valence-electron chi connectivity index (χ0n) is 11.3. The molecule has 2 heterocycles. The van der Waals surface area contributed by atoms with Crippen LogP contribution < -0.4 is 4.74 Å². The summed E-state index contributed by atoms with van der Waals surface area (Å²) < 4.78 is 5.94. The number of carbonyl (C=O) groups is 1. The van der Waals surface area contributed by atoms with E-state index in [1.54, 1.807) is 18.2 Å². The van der Waals surface area contributed by atoms with Gasteiger partial charge in [-0.25, -0.2) is 4.98 Å². The van der Waals surface area contributed by atoms with Crippen molar-refractivity contribution < 1.29 is 9.53 Å². The van der Waals surface area contributed by atoms with Crippen molar-refractivity contribution in [3.05, 3.63) is 56.8 Å². The van der Waals surface area contributed by atoms with Crippen LogP contribution in [0.25, 0.3) is 0 Å². The maximum atomic E-state index is 12.5. The molecule has 0 saturated carbocycles. The first-order chi connectivity index (χ1) is 10.1. The maximum Gasteiger partial charge on any atom is 0.257 e. The smallest absolute Gasteiger partial charge is 0.257 e. The number of ether oxygens (including phenoxy) is 1. The number of aromatic nitrogens is 1. The lowest BCUT2D eigenvalue weighted by Gasteiger charge is -2.15. The number of methoxy groups -OCH3 is 1. The summed E-state index contributed by atoms with van der Waals surface area (Å²) in [5.41, 5.74) is 2.44. The van der Waals surface area contributed by atoms with Gasteiger partial charge in [-0.3, -0.25) is 4.79 Å². The molecule has 0 saturated heterocycles. The zero-order chi connectivity index (χ0) is 15.0. The van der Waals surface area contributed by atoms with Crippen LogP contribution in [0.1, 0.15) is 21.5 Å². The second kappa shape index (κ2) is 5.66. The first kappa shape index (κ1) is 14.4. The Kier molecular flexibility index (Phi) is 3.87. The molecule has 1 aliphatic rings. The molecule has 6 heteroatoms. The molecule has 21 heavy (non-hydrogen) atoms. The average Bonchev–Trinajstić information content (AvgIpc) is 2.82. The van der Waals surface area contributed by atoms with Crippen LogP contribution in [0.15, 0.2) is 34.9 Å². The van der Waals surface area contributed by atoms with Gasteiger partial charge in [0.25, 0.3) is 5.91 Å². The van der Waals surface area contributed by atoms with Crippen LogP contribution in [0.3, 0.4) is 0 Å². The van der Waals surface area contributed by atoms with E-state index in [0.29, 0.717) is 18.7 Å².